The van der Waals surface area contributed by atoms with Gasteiger partial charge in [-0.1, -0.05) is 24.3 Å². The van der Waals surface area contributed by atoms with Gasteiger partial charge >= 0.3 is 0 Å². The molecule has 2 aromatic carbocycles. The molecular formula is C21H22N4O4S. The van der Waals surface area contributed by atoms with Crippen molar-refractivity contribution in [2.24, 2.45) is 0 Å². The molecule has 2 amide bonds. The van der Waals surface area contributed by atoms with E-state index in [4.69, 9.17) is 0 Å². The summed E-state index contributed by atoms with van der Waals surface area (Å²) in [6.45, 7) is 1.78. The number of benzene rings is 2. The standard InChI is InChI=1S/C21H22N4O4S/c1-14(26)24-20(13-30-17-6-4-5-16(11-17)25(28)29)21(27)22-10-9-15-12-23-19-8-3-2-7-18(15)19/h2-8,11-12,20,23H,9-10,13H2,1H3,(H,22,27)(H,24,26). The largest absolute Gasteiger partial charge is 0.361 e. The number of nitro groups is 1. The first kappa shape index (κ1) is 21.4. The predicted octanol–water partition coefficient (Wildman–Crippen LogP) is 3.03. The molecule has 3 aromatic rings. The third-order valence-corrected chi connectivity index (χ3v) is 5.59. The smallest absolute Gasteiger partial charge is 0.270 e. The monoisotopic (exact) mass is 426 g/mol. The third-order valence-electron chi connectivity index (χ3n) is 4.51. The molecule has 8 nitrogen and oxygen atoms in total. The zero-order chi connectivity index (χ0) is 21.5. The summed E-state index contributed by atoms with van der Waals surface area (Å²) >= 11 is 1.28. The van der Waals surface area contributed by atoms with Crippen LogP contribution in [0.4, 0.5) is 5.69 Å². The molecule has 0 fully saturated rings. The number of para-hydroxylation sites is 1. The van der Waals surface area contributed by atoms with E-state index in [1.54, 1.807) is 12.1 Å². The van der Waals surface area contributed by atoms with Gasteiger partial charge in [-0.2, -0.15) is 0 Å². The fraction of sp³-hybridized carbons (Fsp3) is 0.238. The number of carbonyl (C=O) groups is 2. The lowest BCUT2D eigenvalue weighted by atomic mass is 10.1. The minimum atomic E-state index is -0.741. The number of aromatic amines is 1. The highest BCUT2D eigenvalue weighted by Gasteiger charge is 2.20. The van der Waals surface area contributed by atoms with E-state index in [1.165, 1.54) is 30.8 Å². The summed E-state index contributed by atoms with van der Waals surface area (Å²) in [6.07, 6.45) is 2.58. The van der Waals surface area contributed by atoms with Crippen molar-refractivity contribution in [2.75, 3.05) is 12.3 Å². The van der Waals surface area contributed by atoms with Crippen molar-refractivity contribution < 1.29 is 14.5 Å². The van der Waals surface area contributed by atoms with Crippen LogP contribution in [-0.4, -0.2) is 40.1 Å². The Hall–Kier alpha value is -3.33. The maximum absolute atomic E-state index is 12.6. The second-order valence-corrected chi connectivity index (χ2v) is 7.81. The minimum absolute atomic E-state index is 0.0146. The number of carbonyl (C=O) groups excluding carboxylic acids is 2. The van der Waals surface area contributed by atoms with Crippen LogP contribution in [0.15, 0.2) is 59.6 Å². The Bertz CT molecular complexity index is 1070. The highest BCUT2D eigenvalue weighted by atomic mass is 32.2. The highest BCUT2D eigenvalue weighted by molar-refractivity contribution is 7.99. The molecule has 0 aliphatic carbocycles. The van der Waals surface area contributed by atoms with Gasteiger partial charge in [-0.25, -0.2) is 0 Å². The van der Waals surface area contributed by atoms with Crippen molar-refractivity contribution >= 4 is 40.2 Å². The lowest BCUT2D eigenvalue weighted by Crippen LogP contribution is -2.48. The number of rotatable bonds is 9. The molecule has 0 aliphatic rings. The van der Waals surface area contributed by atoms with Crippen molar-refractivity contribution in [3.8, 4) is 0 Å². The fourth-order valence-electron chi connectivity index (χ4n) is 3.08. The van der Waals surface area contributed by atoms with E-state index < -0.39 is 11.0 Å². The molecule has 1 aromatic heterocycles. The molecule has 1 unspecified atom stereocenters. The van der Waals surface area contributed by atoms with Gasteiger partial charge < -0.3 is 15.6 Å². The number of nitrogens with one attached hydrogen (secondary N) is 3. The number of fused-ring (bicyclic) bond motifs is 1. The van der Waals surface area contributed by atoms with Crippen molar-refractivity contribution in [1.29, 1.82) is 0 Å². The van der Waals surface area contributed by atoms with E-state index >= 15 is 0 Å². The number of thioether (sulfide) groups is 1. The van der Waals surface area contributed by atoms with Crippen LogP contribution in [0.5, 0.6) is 0 Å². The number of amides is 2. The lowest BCUT2D eigenvalue weighted by Gasteiger charge is -2.17. The molecular weight excluding hydrogens is 404 g/mol. The van der Waals surface area contributed by atoms with Crippen LogP contribution >= 0.6 is 11.8 Å². The number of hydrogen-bond acceptors (Lipinski definition) is 5. The van der Waals surface area contributed by atoms with Crippen LogP contribution in [0, 0.1) is 10.1 Å². The molecule has 0 aliphatic heterocycles. The van der Waals surface area contributed by atoms with E-state index in [1.807, 2.05) is 30.5 Å². The van der Waals surface area contributed by atoms with Gasteiger partial charge in [0, 0.05) is 53.3 Å². The average Bonchev–Trinajstić information content (AvgIpc) is 3.14. The summed E-state index contributed by atoms with van der Waals surface area (Å²) < 4.78 is 0. The van der Waals surface area contributed by atoms with Gasteiger partial charge in [0.15, 0.2) is 0 Å². The number of hydrogen-bond donors (Lipinski definition) is 3. The molecule has 1 atom stereocenters. The molecule has 0 spiro atoms. The van der Waals surface area contributed by atoms with Crippen LogP contribution in [0.2, 0.25) is 0 Å². The minimum Gasteiger partial charge on any atom is -0.361 e. The maximum Gasteiger partial charge on any atom is 0.270 e. The van der Waals surface area contributed by atoms with E-state index in [9.17, 15) is 19.7 Å². The molecule has 0 bridgehead atoms. The number of aromatic nitrogens is 1. The molecule has 3 N–H and O–H groups in total. The molecule has 0 radical (unpaired) electrons. The topological polar surface area (TPSA) is 117 Å². The van der Waals surface area contributed by atoms with Crippen LogP contribution in [0.25, 0.3) is 10.9 Å². The first-order valence-electron chi connectivity index (χ1n) is 9.41. The summed E-state index contributed by atoms with van der Waals surface area (Å²) in [5.74, 6) is -0.339. The Labute approximate surface area is 177 Å². The third kappa shape index (κ3) is 5.60. The Balaban J connectivity index is 1.57. The lowest BCUT2D eigenvalue weighted by molar-refractivity contribution is -0.385. The van der Waals surface area contributed by atoms with E-state index in [0.29, 0.717) is 17.9 Å². The Morgan fingerprint density at radius 1 is 1.20 bits per heavy atom. The summed E-state index contributed by atoms with van der Waals surface area (Å²) in [4.78, 5) is 38.5. The summed E-state index contributed by atoms with van der Waals surface area (Å²) in [5.41, 5.74) is 2.13. The number of nitrogens with zero attached hydrogens (tertiary/aromatic N) is 1. The first-order chi connectivity index (χ1) is 14.4. The molecule has 156 valence electrons. The van der Waals surface area contributed by atoms with Crippen molar-refractivity contribution in [3.63, 3.8) is 0 Å². The molecule has 0 saturated heterocycles. The quantitative estimate of drug-likeness (QED) is 0.276. The summed E-state index contributed by atoms with van der Waals surface area (Å²) in [7, 11) is 0. The van der Waals surface area contributed by atoms with Crippen molar-refractivity contribution in [3.05, 3.63) is 70.4 Å². The van der Waals surface area contributed by atoms with Crippen LogP contribution < -0.4 is 10.6 Å². The normalized spacial score (nSPS) is 11.8. The van der Waals surface area contributed by atoms with Crippen LogP contribution in [0.3, 0.4) is 0 Å². The molecule has 0 saturated carbocycles. The Morgan fingerprint density at radius 2 is 2.00 bits per heavy atom. The SMILES string of the molecule is CC(=O)NC(CSc1cccc([N+](=O)[O-])c1)C(=O)NCCc1c[nH]c2ccccc12. The van der Waals surface area contributed by atoms with Gasteiger partial charge in [0.25, 0.3) is 5.69 Å². The molecule has 9 heteroatoms. The van der Waals surface area contributed by atoms with E-state index in [0.717, 1.165) is 16.5 Å². The van der Waals surface area contributed by atoms with Gasteiger partial charge in [-0.15, -0.1) is 11.8 Å². The van der Waals surface area contributed by atoms with Crippen molar-refractivity contribution in [2.45, 2.75) is 24.3 Å². The van der Waals surface area contributed by atoms with Crippen LogP contribution in [-0.2, 0) is 16.0 Å². The average molecular weight is 426 g/mol. The van der Waals surface area contributed by atoms with E-state index in [-0.39, 0.29) is 23.3 Å². The van der Waals surface area contributed by atoms with Gasteiger partial charge in [0.05, 0.1) is 4.92 Å². The van der Waals surface area contributed by atoms with Gasteiger partial charge in [0.2, 0.25) is 11.8 Å². The maximum atomic E-state index is 12.6. The fourth-order valence-corrected chi connectivity index (χ4v) is 4.05. The first-order valence-corrected chi connectivity index (χ1v) is 10.4. The summed E-state index contributed by atoms with van der Waals surface area (Å²) in [6, 6.07) is 13.4. The number of nitro benzene ring substituents is 1. The van der Waals surface area contributed by atoms with Gasteiger partial charge in [0.1, 0.15) is 6.04 Å². The van der Waals surface area contributed by atoms with Gasteiger partial charge in [-0.3, -0.25) is 19.7 Å². The highest BCUT2D eigenvalue weighted by Crippen LogP contribution is 2.23. The second kappa shape index (κ2) is 9.93. The second-order valence-electron chi connectivity index (χ2n) is 6.72. The predicted molar refractivity (Wildman–Crippen MR) is 116 cm³/mol. The zero-order valence-electron chi connectivity index (χ0n) is 16.4. The molecule has 1 heterocycles. The van der Waals surface area contributed by atoms with E-state index in [2.05, 4.69) is 15.6 Å². The Morgan fingerprint density at radius 3 is 2.77 bits per heavy atom. The number of non-ortho nitro benzene ring substituents is 1. The Kier molecular flexibility index (Phi) is 7.08. The molecule has 3 rings (SSSR count). The number of H-pyrrole nitrogens is 1. The summed E-state index contributed by atoms with van der Waals surface area (Å²) in [5, 5.41) is 17.5. The molecule has 30 heavy (non-hydrogen) atoms. The van der Waals surface area contributed by atoms with Crippen LogP contribution in [0.1, 0.15) is 12.5 Å². The zero-order valence-corrected chi connectivity index (χ0v) is 17.2. The van der Waals surface area contributed by atoms with Gasteiger partial charge in [-0.05, 0) is 24.1 Å². The van der Waals surface area contributed by atoms with Crippen molar-refractivity contribution in [1.82, 2.24) is 15.6 Å².